The van der Waals surface area contributed by atoms with Crippen LogP contribution in [0.5, 0.6) is 17.2 Å². The lowest BCUT2D eigenvalue weighted by atomic mass is 10.2. The van der Waals surface area contributed by atoms with E-state index in [0.717, 1.165) is 23.4 Å². The quantitative estimate of drug-likeness (QED) is 0.695. The molecule has 0 fully saturated rings. The summed E-state index contributed by atoms with van der Waals surface area (Å²) in [4.78, 5) is 12.7. The van der Waals surface area contributed by atoms with Crippen molar-refractivity contribution in [3.63, 3.8) is 0 Å². The molecule has 0 saturated carbocycles. The van der Waals surface area contributed by atoms with Gasteiger partial charge in [-0.05, 0) is 44.2 Å². The number of anilines is 1. The predicted octanol–water partition coefficient (Wildman–Crippen LogP) is 4.28. The number of hydrogen-bond donors (Lipinski definition) is 1. The maximum absolute atomic E-state index is 12.7. The van der Waals surface area contributed by atoms with E-state index in [1.54, 1.807) is 36.4 Å². The zero-order chi connectivity index (χ0) is 20.2. The molecule has 0 radical (unpaired) electrons. The second-order valence-electron chi connectivity index (χ2n) is 6.79. The summed E-state index contributed by atoms with van der Waals surface area (Å²) in [6, 6.07) is 12.4. The van der Waals surface area contributed by atoms with Crippen LogP contribution >= 0.6 is 0 Å². The van der Waals surface area contributed by atoms with E-state index in [-0.39, 0.29) is 5.91 Å². The predicted molar refractivity (Wildman–Crippen MR) is 107 cm³/mol. The molecule has 150 valence electrons. The van der Waals surface area contributed by atoms with Gasteiger partial charge in [0.1, 0.15) is 18.1 Å². The largest absolute Gasteiger partial charge is 0.490 e. The van der Waals surface area contributed by atoms with Gasteiger partial charge in [0.2, 0.25) is 0 Å². The Bertz CT molecular complexity index is 1010. The van der Waals surface area contributed by atoms with Crippen LogP contribution < -0.4 is 19.5 Å². The topological polar surface area (TPSA) is 82.8 Å². The van der Waals surface area contributed by atoms with Crippen molar-refractivity contribution in [1.82, 2.24) is 5.16 Å². The molecule has 4 rings (SSSR count). The van der Waals surface area contributed by atoms with Crippen molar-refractivity contribution in [2.24, 2.45) is 0 Å². The molecule has 1 aromatic heterocycles. The Morgan fingerprint density at radius 2 is 1.93 bits per heavy atom. The molecule has 2 aromatic carbocycles. The highest BCUT2D eigenvalue weighted by molar-refractivity contribution is 6.04. The first kappa shape index (κ1) is 18.9. The fourth-order valence-electron chi connectivity index (χ4n) is 3.03. The third kappa shape index (κ3) is 4.34. The Labute approximate surface area is 168 Å². The van der Waals surface area contributed by atoms with Crippen LogP contribution in [-0.2, 0) is 6.61 Å². The molecule has 0 atom stereocenters. The minimum atomic E-state index is -0.234. The highest BCUT2D eigenvalue weighted by Gasteiger charge is 2.14. The number of aromatic nitrogens is 1. The molecule has 0 spiro atoms. The molecule has 1 aliphatic rings. The molecular formula is C22H22N2O5. The molecule has 7 heteroatoms. The maximum atomic E-state index is 12.7. The molecule has 1 amide bonds. The molecule has 1 N–H and O–H groups in total. The number of ether oxygens (including phenoxy) is 3. The van der Waals surface area contributed by atoms with Gasteiger partial charge in [-0.3, -0.25) is 4.79 Å². The smallest absolute Gasteiger partial charge is 0.255 e. The van der Waals surface area contributed by atoms with E-state index in [2.05, 4.69) is 10.5 Å². The Morgan fingerprint density at radius 1 is 1.10 bits per heavy atom. The van der Waals surface area contributed by atoms with Gasteiger partial charge >= 0.3 is 0 Å². The van der Waals surface area contributed by atoms with Crippen molar-refractivity contribution in [2.45, 2.75) is 26.9 Å². The van der Waals surface area contributed by atoms with E-state index in [0.29, 0.717) is 48.3 Å². The normalized spacial score (nSPS) is 12.9. The zero-order valence-corrected chi connectivity index (χ0v) is 16.4. The third-order valence-corrected chi connectivity index (χ3v) is 4.67. The minimum Gasteiger partial charge on any atom is -0.490 e. The molecule has 0 bridgehead atoms. The van der Waals surface area contributed by atoms with Crippen molar-refractivity contribution >= 4 is 11.6 Å². The SMILES string of the molecule is Cc1noc(C)c1COc1cccc(C(=O)Nc2ccc3c(c2)OCCCO3)c1. The van der Waals surface area contributed by atoms with E-state index in [1.165, 1.54) is 0 Å². The monoisotopic (exact) mass is 394 g/mol. The van der Waals surface area contributed by atoms with Crippen LogP contribution in [0.2, 0.25) is 0 Å². The van der Waals surface area contributed by atoms with Gasteiger partial charge in [-0.25, -0.2) is 0 Å². The number of hydrogen-bond acceptors (Lipinski definition) is 6. The number of nitrogens with zero attached hydrogens (tertiary/aromatic N) is 1. The standard InChI is InChI=1S/C22H22N2O5/c1-14-19(15(2)29-24-14)13-28-18-6-3-5-16(11-18)22(25)23-17-7-8-20-21(12-17)27-10-4-9-26-20/h3,5-8,11-12H,4,9-10,13H2,1-2H3,(H,23,25). The van der Waals surface area contributed by atoms with Crippen molar-refractivity contribution in [2.75, 3.05) is 18.5 Å². The summed E-state index contributed by atoms with van der Waals surface area (Å²) < 4.78 is 22.3. The summed E-state index contributed by atoms with van der Waals surface area (Å²) in [5, 5.41) is 6.81. The average molecular weight is 394 g/mol. The molecule has 29 heavy (non-hydrogen) atoms. The number of benzene rings is 2. The molecule has 0 saturated heterocycles. The van der Waals surface area contributed by atoms with Gasteiger partial charge in [0.25, 0.3) is 5.91 Å². The Hall–Kier alpha value is -3.48. The molecule has 7 nitrogen and oxygen atoms in total. The highest BCUT2D eigenvalue weighted by atomic mass is 16.5. The lowest BCUT2D eigenvalue weighted by Crippen LogP contribution is -2.12. The molecule has 1 aliphatic heterocycles. The van der Waals surface area contributed by atoms with Crippen LogP contribution in [-0.4, -0.2) is 24.3 Å². The molecule has 3 aromatic rings. The molecule has 2 heterocycles. The summed E-state index contributed by atoms with van der Waals surface area (Å²) >= 11 is 0. The van der Waals surface area contributed by atoms with Gasteiger partial charge in [0.05, 0.1) is 24.5 Å². The first-order valence-electron chi connectivity index (χ1n) is 9.46. The first-order chi connectivity index (χ1) is 14.1. The molecular weight excluding hydrogens is 372 g/mol. The number of fused-ring (bicyclic) bond motifs is 1. The van der Waals surface area contributed by atoms with Gasteiger partial charge in [0.15, 0.2) is 11.5 Å². The van der Waals surface area contributed by atoms with Crippen LogP contribution in [0.25, 0.3) is 0 Å². The van der Waals surface area contributed by atoms with Crippen LogP contribution in [0.4, 0.5) is 5.69 Å². The van der Waals surface area contributed by atoms with Crippen molar-refractivity contribution in [3.8, 4) is 17.2 Å². The maximum Gasteiger partial charge on any atom is 0.255 e. The number of amides is 1. The van der Waals surface area contributed by atoms with Gasteiger partial charge in [0, 0.05) is 23.7 Å². The lowest BCUT2D eigenvalue weighted by molar-refractivity contribution is 0.102. The van der Waals surface area contributed by atoms with E-state index < -0.39 is 0 Å². The van der Waals surface area contributed by atoms with Crippen molar-refractivity contribution in [3.05, 3.63) is 65.0 Å². The molecule has 0 unspecified atom stereocenters. The van der Waals surface area contributed by atoms with Crippen LogP contribution in [0.1, 0.15) is 33.8 Å². The van der Waals surface area contributed by atoms with Crippen molar-refractivity contribution in [1.29, 1.82) is 0 Å². The summed E-state index contributed by atoms with van der Waals surface area (Å²) in [5.41, 5.74) is 2.84. The van der Waals surface area contributed by atoms with E-state index >= 15 is 0 Å². The molecule has 0 aliphatic carbocycles. The lowest BCUT2D eigenvalue weighted by Gasteiger charge is -2.11. The average Bonchev–Trinajstić information content (AvgIpc) is 2.91. The third-order valence-electron chi connectivity index (χ3n) is 4.67. The Morgan fingerprint density at radius 3 is 2.72 bits per heavy atom. The van der Waals surface area contributed by atoms with Gasteiger partial charge in [-0.15, -0.1) is 0 Å². The van der Waals surface area contributed by atoms with E-state index in [1.807, 2.05) is 19.9 Å². The number of rotatable bonds is 5. The van der Waals surface area contributed by atoms with E-state index in [4.69, 9.17) is 18.7 Å². The summed E-state index contributed by atoms with van der Waals surface area (Å²) in [6.07, 6.45) is 0.830. The number of carbonyl (C=O) groups is 1. The van der Waals surface area contributed by atoms with Crippen molar-refractivity contribution < 1.29 is 23.5 Å². The number of carbonyl (C=O) groups excluding carboxylic acids is 1. The Balaban J connectivity index is 1.44. The van der Waals surface area contributed by atoms with Crippen LogP contribution in [0.15, 0.2) is 47.0 Å². The first-order valence-corrected chi connectivity index (χ1v) is 9.46. The van der Waals surface area contributed by atoms with Gasteiger partial charge < -0.3 is 24.1 Å². The summed E-state index contributed by atoms with van der Waals surface area (Å²) in [6.45, 7) is 5.26. The fourth-order valence-corrected chi connectivity index (χ4v) is 3.03. The highest BCUT2D eigenvalue weighted by Crippen LogP contribution is 2.32. The second-order valence-corrected chi connectivity index (χ2v) is 6.79. The van der Waals surface area contributed by atoms with Crippen LogP contribution in [0, 0.1) is 13.8 Å². The number of aryl methyl sites for hydroxylation is 2. The van der Waals surface area contributed by atoms with Gasteiger partial charge in [-0.2, -0.15) is 0 Å². The minimum absolute atomic E-state index is 0.234. The second kappa shape index (κ2) is 8.26. The summed E-state index contributed by atoms with van der Waals surface area (Å²) in [7, 11) is 0. The zero-order valence-electron chi connectivity index (χ0n) is 16.4. The van der Waals surface area contributed by atoms with Crippen LogP contribution in [0.3, 0.4) is 0 Å². The van der Waals surface area contributed by atoms with Gasteiger partial charge in [-0.1, -0.05) is 11.2 Å². The fraction of sp³-hybridized carbons (Fsp3) is 0.273. The summed E-state index contributed by atoms with van der Waals surface area (Å²) in [5.74, 6) is 2.41. The number of nitrogens with one attached hydrogen (secondary N) is 1. The Kier molecular flexibility index (Phi) is 5.37. The van der Waals surface area contributed by atoms with E-state index in [9.17, 15) is 4.79 Å².